The molecule has 4 aromatic heterocycles. The SMILES string of the molecule is CNc1cc(Nc2cccn(-c3ccccn3)c2=O)nn2c(C(=O)NC3CCCN(CC(N)=O)C3=O)cnc12. The number of likely N-dealkylation sites (tertiary alicyclic amines) is 1. The second kappa shape index (κ2) is 10.6. The lowest BCUT2D eigenvalue weighted by atomic mass is 10.0. The summed E-state index contributed by atoms with van der Waals surface area (Å²) in [4.78, 5) is 60.3. The molecule has 1 aliphatic heterocycles. The third kappa shape index (κ3) is 5.12. The van der Waals surface area contributed by atoms with Crippen LogP contribution in [0.4, 0.5) is 17.2 Å². The molecule has 1 saturated heterocycles. The van der Waals surface area contributed by atoms with Gasteiger partial charge in [0.1, 0.15) is 17.5 Å². The minimum atomic E-state index is -0.810. The third-order valence-electron chi connectivity index (χ3n) is 6.26. The van der Waals surface area contributed by atoms with Gasteiger partial charge in [0.2, 0.25) is 11.8 Å². The van der Waals surface area contributed by atoms with Crippen molar-refractivity contribution in [3.63, 3.8) is 0 Å². The molecule has 1 aliphatic rings. The molecule has 39 heavy (non-hydrogen) atoms. The number of pyridine rings is 2. The van der Waals surface area contributed by atoms with Crippen LogP contribution in [0, 0.1) is 0 Å². The second-order valence-corrected chi connectivity index (χ2v) is 8.88. The third-order valence-corrected chi connectivity index (χ3v) is 6.26. The summed E-state index contributed by atoms with van der Waals surface area (Å²) in [7, 11) is 1.69. The van der Waals surface area contributed by atoms with Gasteiger partial charge in [-0.15, -0.1) is 5.10 Å². The van der Waals surface area contributed by atoms with Gasteiger partial charge in [-0.3, -0.25) is 23.7 Å². The van der Waals surface area contributed by atoms with E-state index in [0.29, 0.717) is 36.5 Å². The number of amides is 3. The van der Waals surface area contributed by atoms with Crippen LogP contribution in [0.25, 0.3) is 11.5 Å². The highest BCUT2D eigenvalue weighted by molar-refractivity contribution is 5.98. The van der Waals surface area contributed by atoms with Crippen molar-refractivity contribution in [2.45, 2.75) is 18.9 Å². The van der Waals surface area contributed by atoms with Gasteiger partial charge in [0, 0.05) is 32.1 Å². The van der Waals surface area contributed by atoms with E-state index in [2.05, 4.69) is 31.0 Å². The molecule has 0 bridgehead atoms. The van der Waals surface area contributed by atoms with Crippen LogP contribution in [-0.2, 0) is 9.59 Å². The number of nitrogens with zero attached hydrogens (tertiary/aromatic N) is 6. The average molecular weight is 531 g/mol. The van der Waals surface area contributed by atoms with Crippen LogP contribution < -0.4 is 27.2 Å². The molecule has 0 saturated carbocycles. The lowest BCUT2D eigenvalue weighted by Crippen LogP contribution is -2.54. The average Bonchev–Trinajstić information content (AvgIpc) is 3.36. The molecule has 1 unspecified atom stereocenters. The van der Waals surface area contributed by atoms with Gasteiger partial charge in [0.15, 0.2) is 17.2 Å². The lowest BCUT2D eigenvalue weighted by Gasteiger charge is -2.31. The minimum absolute atomic E-state index is 0.0870. The largest absolute Gasteiger partial charge is 0.385 e. The van der Waals surface area contributed by atoms with Gasteiger partial charge in [-0.25, -0.2) is 14.5 Å². The molecule has 1 atom stereocenters. The molecule has 0 aromatic carbocycles. The molecule has 5 rings (SSSR count). The molecule has 1 fully saturated rings. The topological polar surface area (TPSA) is 182 Å². The standard InChI is InChI=1S/C25H26N10O4/c1-27-17-12-20(30-16-7-5-11-34(25(16)39)21-8-2-3-9-28-21)32-35-18(13-29-22(17)35)23(37)31-15-6-4-10-33(24(15)38)14-19(26)36/h2-3,5,7-9,11-13,15,27H,4,6,10,14H2,1H3,(H2,26,36)(H,30,32)(H,31,37). The van der Waals surface area contributed by atoms with Crippen LogP contribution in [0.1, 0.15) is 23.3 Å². The molecular formula is C25H26N10O4. The number of anilines is 3. The summed E-state index contributed by atoms with van der Waals surface area (Å²) in [5.74, 6) is -0.819. The van der Waals surface area contributed by atoms with Crippen molar-refractivity contribution in [3.05, 3.63) is 71.0 Å². The van der Waals surface area contributed by atoms with Crippen molar-refractivity contribution in [3.8, 4) is 5.82 Å². The van der Waals surface area contributed by atoms with E-state index in [9.17, 15) is 19.2 Å². The number of piperidine rings is 1. The number of hydrogen-bond acceptors (Lipinski definition) is 9. The van der Waals surface area contributed by atoms with Crippen LogP contribution in [-0.4, -0.2) is 72.9 Å². The molecule has 14 nitrogen and oxygen atoms in total. The molecule has 0 aliphatic carbocycles. The first-order chi connectivity index (χ1) is 18.9. The summed E-state index contributed by atoms with van der Waals surface area (Å²) >= 11 is 0. The quantitative estimate of drug-likeness (QED) is 0.248. The highest BCUT2D eigenvalue weighted by atomic mass is 16.2. The van der Waals surface area contributed by atoms with E-state index in [4.69, 9.17) is 5.73 Å². The molecule has 14 heteroatoms. The van der Waals surface area contributed by atoms with E-state index in [-0.39, 0.29) is 35.2 Å². The fourth-order valence-corrected chi connectivity index (χ4v) is 4.42. The highest BCUT2D eigenvalue weighted by Gasteiger charge is 2.31. The van der Waals surface area contributed by atoms with Crippen LogP contribution >= 0.6 is 0 Å². The first kappa shape index (κ1) is 25.4. The predicted molar refractivity (Wildman–Crippen MR) is 142 cm³/mol. The van der Waals surface area contributed by atoms with Crippen LogP contribution in [0.15, 0.2) is 59.8 Å². The van der Waals surface area contributed by atoms with Gasteiger partial charge in [0.25, 0.3) is 11.5 Å². The zero-order valence-electron chi connectivity index (χ0n) is 21.0. The maximum atomic E-state index is 13.2. The van der Waals surface area contributed by atoms with Gasteiger partial charge >= 0.3 is 0 Å². The monoisotopic (exact) mass is 530 g/mol. The molecule has 200 valence electrons. The molecule has 4 aromatic rings. The molecule has 0 spiro atoms. The summed E-state index contributed by atoms with van der Waals surface area (Å²) in [5, 5.41) is 13.3. The van der Waals surface area contributed by atoms with Crippen molar-refractivity contribution >= 4 is 40.6 Å². The van der Waals surface area contributed by atoms with Crippen molar-refractivity contribution in [1.29, 1.82) is 0 Å². The van der Waals surface area contributed by atoms with E-state index in [0.717, 1.165) is 0 Å². The molecule has 3 amide bonds. The molecule has 5 N–H and O–H groups in total. The fourth-order valence-electron chi connectivity index (χ4n) is 4.42. The van der Waals surface area contributed by atoms with E-state index >= 15 is 0 Å². The summed E-state index contributed by atoms with van der Waals surface area (Å²) in [5.41, 5.74) is 6.15. The van der Waals surface area contributed by atoms with E-state index in [1.807, 2.05) is 0 Å². The summed E-state index contributed by atoms with van der Waals surface area (Å²) in [6, 6.07) is 9.43. The Morgan fingerprint density at radius 2 is 1.97 bits per heavy atom. The molecular weight excluding hydrogens is 504 g/mol. The predicted octanol–water partition coefficient (Wildman–Crippen LogP) is 0.267. The number of rotatable bonds is 8. The normalized spacial score (nSPS) is 15.3. The number of nitrogens with two attached hydrogens (primary N) is 1. The van der Waals surface area contributed by atoms with Crippen molar-refractivity contribution in [2.75, 3.05) is 30.8 Å². The Balaban J connectivity index is 1.44. The second-order valence-electron chi connectivity index (χ2n) is 8.88. The molecule has 5 heterocycles. The van der Waals surface area contributed by atoms with Gasteiger partial charge in [0.05, 0.1) is 18.4 Å². The Morgan fingerprint density at radius 3 is 2.72 bits per heavy atom. The Kier molecular flexibility index (Phi) is 6.91. The number of aromatic nitrogens is 5. The van der Waals surface area contributed by atoms with Crippen molar-refractivity contribution in [2.24, 2.45) is 5.73 Å². The van der Waals surface area contributed by atoms with E-state index < -0.39 is 17.9 Å². The number of imidazole rings is 1. The smallest absolute Gasteiger partial charge is 0.279 e. The zero-order chi connectivity index (χ0) is 27.5. The van der Waals surface area contributed by atoms with Crippen LogP contribution in [0.3, 0.4) is 0 Å². The number of fused-ring (bicyclic) bond motifs is 1. The minimum Gasteiger partial charge on any atom is -0.385 e. The Labute approximate surface area is 221 Å². The molecule has 0 radical (unpaired) electrons. The van der Waals surface area contributed by atoms with Gasteiger partial charge in [-0.05, 0) is 37.1 Å². The maximum Gasteiger partial charge on any atom is 0.279 e. The maximum absolute atomic E-state index is 13.2. The van der Waals surface area contributed by atoms with Gasteiger partial charge < -0.3 is 26.6 Å². The van der Waals surface area contributed by atoms with Crippen molar-refractivity contribution in [1.82, 2.24) is 34.4 Å². The Bertz CT molecular complexity index is 1610. The summed E-state index contributed by atoms with van der Waals surface area (Å²) in [6.07, 6.45) is 5.60. The lowest BCUT2D eigenvalue weighted by molar-refractivity contribution is -0.139. The number of primary amides is 1. The number of hydrogen-bond donors (Lipinski definition) is 4. The van der Waals surface area contributed by atoms with Crippen LogP contribution in [0.2, 0.25) is 0 Å². The number of carbonyl (C=O) groups excluding carboxylic acids is 3. The fraction of sp³-hybridized carbons (Fsp3) is 0.240. The number of nitrogens with one attached hydrogen (secondary N) is 3. The first-order valence-electron chi connectivity index (χ1n) is 12.2. The van der Waals surface area contributed by atoms with Crippen molar-refractivity contribution < 1.29 is 14.4 Å². The van der Waals surface area contributed by atoms with E-state index in [1.165, 1.54) is 20.2 Å². The van der Waals surface area contributed by atoms with Crippen LogP contribution in [0.5, 0.6) is 0 Å². The first-order valence-corrected chi connectivity index (χ1v) is 12.2. The Morgan fingerprint density at radius 1 is 1.13 bits per heavy atom. The number of carbonyl (C=O) groups is 3. The highest BCUT2D eigenvalue weighted by Crippen LogP contribution is 2.22. The van der Waals surface area contributed by atoms with Gasteiger partial charge in [-0.1, -0.05) is 6.07 Å². The Hall–Kier alpha value is -5.27. The summed E-state index contributed by atoms with van der Waals surface area (Å²) in [6.45, 7) is 0.192. The summed E-state index contributed by atoms with van der Waals surface area (Å²) < 4.78 is 2.73. The van der Waals surface area contributed by atoms with E-state index in [1.54, 1.807) is 55.8 Å². The zero-order valence-corrected chi connectivity index (χ0v) is 21.0. The van der Waals surface area contributed by atoms with Gasteiger partial charge in [-0.2, -0.15) is 0 Å².